The van der Waals surface area contributed by atoms with Crippen molar-refractivity contribution in [2.45, 2.75) is 0 Å². The van der Waals surface area contributed by atoms with E-state index >= 15 is 0 Å². The van der Waals surface area contributed by atoms with E-state index in [4.69, 9.17) is 5.26 Å². The van der Waals surface area contributed by atoms with Gasteiger partial charge in [0.15, 0.2) is 0 Å². The van der Waals surface area contributed by atoms with Crippen molar-refractivity contribution in [3.8, 4) is 5.40 Å². The smallest absolute Gasteiger partial charge is 0.321 e. The minimum Gasteiger partial charge on any atom is -0.434 e. The molecule has 0 spiro atoms. The molecule has 0 saturated carbocycles. The Hall–Kier alpha value is -0.950. The van der Waals surface area contributed by atoms with Crippen LogP contribution in [0, 0.1) is 10.7 Å². The molecule has 0 N–H and O–H groups in total. The Bertz CT molecular complexity index is 150. The first kappa shape index (κ1) is 8.05. The lowest BCUT2D eigenvalue weighted by Gasteiger charge is -1.90. The fourth-order valence-electron chi connectivity index (χ4n) is 0.218. The molecule has 0 aliphatic carbocycles. The van der Waals surface area contributed by atoms with E-state index in [1.165, 1.54) is 0 Å². The Morgan fingerprint density at radius 1 is 2.00 bits per heavy atom. The van der Waals surface area contributed by atoms with Crippen LogP contribution in [0.5, 0.6) is 0 Å². The second kappa shape index (κ2) is 5.19. The number of thiocyanates is 1. The monoisotopic (exact) mass is 143 g/mol. The molecule has 0 rings (SSSR count). The molecule has 0 radical (unpaired) electrons. The summed E-state index contributed by atoms with van der Waals surface area (Å²) in [4.78, 5) is 10.3. The highest BCUT2D eigenvalue weighted by Crippen LogP contribution is 1.95. The first-order valence-corrected chi connectivity index (χ1v) is 3.11. The second-order valence-corrected chi connectivity index (χ2v) is 1.80. The average molecular weight is 143 g/mol. The van der Waals surface area contributed by atoms with Gasteiger partial charge in [0, 0.05) is 0 Å². The summed E-state index contributed by atoms with van der Waals surface area (Å²) in [5.41, 5.74) is 0. The van der Waals surface area contributed by atoms with E-state index in [0.717, 1.165) is 18.0 Å². The minimum atomic E-state index is -0.448. The standard InChI is InChI=1S/C5H5NO2S/c1-2-8-5(7)3-9-4-6/h2H,1,3H2. The molecular formula is C5H5NO2S. The van der Waals surface area contributed by atoms with E-state index in [1.807, 2.05) is 0 Å². The fraction of sp³-hybridized carbons (Fsp3) is 0.200. The molecule has 0 amide bonds. The number of carbonyl (C=O) groups excluding carboxylic acids is 1. The van der Waals surface area contributed by atoms with Gasteiger partial charge in [0.25, 0.3) is 0 Å². The van der Waals surface area contributed by atoms with E-state index in [2.05, 4.69) is 11.3 Å². The van der Waals surface area contributed by atoms with Crippen molar-refractivity contribution in [2.24, 2.45) is 0 Å². The second-order valence-electron chi connectivity index (χ2n) is 1.04. The molecule has 0 heterocycles. The van der Waals surface area contributed by atoms with Crippen molar-refractivity contribution < 1.29 is 9.53 Å². The molecule has 0 aliphatic heterocycles. The molecular weight excluding hydrogens is 138 g/mol. The molecule has 9 heavy (non-hydrogen) atoms. The molecule has 0 saturated heterocycles. The normalized spacial score (nSPS) is 7.44. The van der Waals surface area contributed by atoms with Crippen LogP contribution >= 0.6 is 11.8 Å². The van der Waals surface area contributed by atoms with Crippen molar-refractivity contribution in [2.75, 3.05) is 5.75 Å². The zero-order valence-electron chi connectivity index (χ0n) is 4.66. The lowest BCUT2D eigenvalue weighted by Crippen LogP contribution is -2.00. The Morgan fingerprint density at radius 2 is 2.67 bits per heavy atom. The Morgan fingerprint density at radius 3 is 3.11 bits per heavy atom. The number of rotatable bonds is 3. The SMILES string of the molecule is C=COC(=O)CSC#N. The van der Waals surface area contributed by atoms with Crippen LogP contribution in [-0.2, 0) is 9.53 Å². The molecule has 0 aromatic carbocycles. The van der Waals surface area contributed by atoms with E-state index in [-0.39, 0.29) is 5.75 Å². The maximum absolute atomic E-state index is 10.3. The van der Waals surface area contributed by atoms with Gasteiger partial charge in [0.1, 0.15) is 11.2 Å². The molecule has 3 nitrogen and oxygen atoms in total. The van der Waals surface area contributed by atoms with E-state index in [9.17, 15) is 4.79 Å². The van der Waals surface area contributed by atoms with Crippen molar-refractivity contribution in [3.05, 3.63) is 12.8 Å². The third-order valence-electron chi connectivity index (χ3n) is 0.469. The van der Waals surface area contributed by atoms with Gasteiger partial charge >= 0.3 is 5.97 Å². The maximum atomic E-state index is 10.3. The zero-order chi connectivity index (χ0) is 7.11. The average Bonchev–Trinajstić information content (AvgIpc) is 1.85. The van der Waals surface area contributed by atoms with Gasteiger partial charge in [0.05, 0.1) is 6.26 Å². The van der Waals surface area contributed by atoms with Crippen LogP contribution in [0.1, 0.15) is 0 Å². The summed E-state index contributed by atoms with van der Waals surface area (Å²) in [7, 11) is 0. The number of esters is 1. The topological polar surface area (TPSA) is 50.1 Å². The highest BCUT2D eigenvalue weighted by Gasteiger charge is 1.97. The number of carbonyl (C=O) groups is 1. The van der Waals surface area contributed by atoms with Crippen LogP contribution in [0.2, 0.25) is 0 Å². The Labute approximate surface area is 57.3 Å². The van der Waals surface area contributed by atoms with Crippen molar-refractivity contribution >= 4 is 17.7 Å². The minimum absolute atomic E-state index is 0.0581. The van der Waals surface area contributed by atoms with Gasteiger partial charge in [-0.05, 0) is 11.8 Å². The van der Waals surface area contributed by atoms with Gasteiger partial charge in [-0.2, -0.15) is 5.26 Å². The number of thioether (sulfide) groups is 1. The number of ether oxygens (including phenoxy) is 1. The van der Waals surface area contributed by atoms with Gasteiger partial charge in [-0.3, -0.25) is 4.79 Å². The van der Waals surface area contributed by atoms with Crippen molar-refractivity contribution in [1.82, 2.24) is 0 Å². The first-order chi connectivity index (χ1) is 4.31. The largest absolute Gasteiger partial charge is 0.434 e. The lowest BCUT2D eigenvalue weighted by molar-refractivity contribution is -0.134. The van der Waals surface area contributed by atoms with Crippen molar-refractivity contribution in [1.29, 1.82) is 5.26 Å². The molecule has 0 atom stereocenters. The van der Waals surface area contributed by atoms with Crippen LogP contribution in [0.3, 0.4) is 0 Å². The van der Waals surface area contributed by atoms with Crippen LogP contribution in [0.4, 0.5) is 0 Å². The van der Waals surface area contributed by atoms with Gasteiger partial charge < -0.3 is 4.74 Å². The molecule has 0 bridgehead atoms. The predicted octanol–water partition coefficient (Wildman–Crippen LogP) is 0.887. The molecule has 0 fully saturated rings. The molecule has 0 aliphatic rings. The van der Waals surface area contributed by atoms with Crippen LogP contribution in [0.15, 0.2) is 12.8 Å². The Kier molecular flexibility index (Phi) is 4.64. The van der Waals surface area contributed by atoms with E-state index in [0.29, 0.717) is 0 Å². The highest BCUT2D eigenvalue weighted by atomic mass is 32.2. The number of hydrogen-bond donors (Lipinski definition) is 0. The summed E-state index contributed by atoms with van der Waals surface area (Å²) in [6.45, 7) is 3.17. The van der Waals surface area contributed by atoms with Crippen LogP contribution in [-0.4, -0.2) is 11.7 Å². The van der Waals surface area contributed by atoms with E-state index in [1.54, 1.807) is 5.40 Å². The predicted molar refractivity (Wildman–Crippen MR) is 34.4 cm³/mol. The van der Waals surface area contributed by atoms with Crippen LogP contribution in [0.25, 0.3) is 0 Å². The molecule has 4 heteroatoms. The number of hydrogen-bond acceptors (Lipinski definition) is 4. The summed E-state index contributed by atoms with van der Waals surface area (Å²) >= 11 is 0.839. The van der Waals surface area contributed by atoms with Gasteiger partial charge in [0.2, 0.25) is 0 Å². The summed E-state index contributed by atoms with van der Waals surface area (Å²) in [6.07, 6.45) is 1.04. The quantitative estimate of drug-likeness (QED) is 0.334. The zero-order valence-corrected chi connectivity index (χ0v) is 5.48. The lowest BCUT2D eigenvalue weighted by atomic mass is 10.8. The van der Waals surface area contributed by atoms with E-state index < -0.39 is 5.97 Å². The van der Waals surface area contributed by atoms with Gasteiger partial charge in [-0.25, -0.2) is 0 Å². The molecule has 0 aromatic rings. The summed E-state index contributed by atoms with van der Waals surface area (Å²) in [5, 5.41) is 9.70. The molecule has 48 valence electrons. The number of nitriles is 1. The summed E-state index contributed by atoms with van der Waals surface area (Å²) < 4.78 is 4.30. The molecule has 0 unspecified atom stereocenters. The van der Waals surface area contributed by atoms with Crippen molar-refractivity contribution in [3.63, 3.8) is 0 Å². The maximum Gasteiger partial charge on any atom is 0.321 e. The third-order valence-corrected chi connectivity index (χ3v) is 0.978. The summed E-state index contributed by atoms with van der Waals surface area (Å²) in [5.74, 6) is -0.390. The van der Waals surface area contributed by atoms with Crippen LogP contribution < -0.4 is 0 Å². The van der Waals surface area contributed by atoms with Gasteiger partial charge in [-0.15, -0.1) is 0 Å². The fourth-order valence-corrected chi connectivity index (χ4v) is 0.469. The van der Waals surface area contributed by atoms with Gasteiger partial charge in [-0.1, -0.05) is 6.58 Å². The third kappa shape index (κ3) is 4.91. The first-order valence-electron chi connectivity index (χ1n) is 2.12. The Balaban J connectivity index is 3.29. The molecule has 0 aromatic heterocycles. The number of nitrogens with zero attached hydrogens (tertiary/aromatic N) is 1. The summed E-state index contributed by atoms with van der Waals surface area (Å²) in [6, 6.07) is 0. The highest BCUT2D eigenvalue weighted by molar-refractivity contribution is 8.04.